The summed E-state index contributed by atoms with van der Waals surface area (Å²) >= 11 is 0. The molecule has 3 heteroatoms. The van der Waals surface area contributed by atoms with Crippen LogP contribution >= 0.6 is 0 Å². The van der Waals surface area contributed by atoms with Crippen molar-refractivity contribution < 1.29 is 15.0 Å². The topological polar surface area (TPSA) is 57.5 Å². The third kappa shape index (κ3) is 3.62. The normalized spacial score (nSPS) is 10.6. The van der Waals surface area contributed by atoms with Crippen molar-refractivity contribution in [2.45, 2.75) is 26.7 Å². The molecule has 0 aliphatic carbocycles. The van der Waals surface area contributed by atoms with E-state index in [9.17, 15) is 15.0 Å². The molecular formula is C12H16O3. The molecular weight excluding hydrogens is 192 g/mol. The average molecular weight is 208 g/mol. The third-order valence-corrected chi connectivity index (χ3v) is 2.17. The average Bonchev–Trinajstić information content (AvgIpc) is 2.12. The van der Waals surface area contributed by atoms with E-state index in [1.54, 1.807) is 0 Å². The van der Waals surface area contributed by atoms with Gasteiger partial charge in [0.15, 0.2) is 5.78 Å². The number of benzene rings is 1. The fourth-order valence-electron chi connectivity index (χ4n) is 1.32. The van der Waals surface area contributed by atoms with Crippen LogP contribution in [0.1, 0.15) is 37.0 Å². The smallest absolute Gasteiger partial charge is 0.163 e. The molecule has 1 rings (SSSR count). The van der Waals surface area contributed by atoms with Crippen LogP contribution in [0.15, 0.2) is 18.2 Å². The monoisotopic (exact) mass is 208 g/mol. The number of carbonyl (C=O) groups is 1. The maximum atomic E-state index is 11.6. The van der Waals surface area contributed by atoms with Crippen LogP contribution in [0.3, 0.4) is 0 Å². The molecule has 0 spiro atoms. The van der Waals surface area contributed by atoms with Crippen molar-refractivity contribution in [1.82, 2.24) is 0 Å². The van der Waals surface area contributed by atoms with Gasteiger partial charge in [0.05, 0.1) is 0 Å². The van der Waals surface area contributed by atoms with E-state index in [1.165, 1.54) is 18.2 Å². The van der Waals surface area contributed by atoms with Gasteiger partial charge in [-0.1, -0.05) is 13.8 Å². The van der Waals surface area contributed by atoms with Crippen molar-refractivity contribution in [3.05, 3.63) is 23.8 Å². The number of rotatable bonds is 4. The summed E-state index contributed by atoms with van der Waals surface area (Å²) in [6.45, 7) is 4.10. The summed E-state index contributed by atoms with van der Waals surface area (Å²) in [6, 6.07) is 3.96. The Bertz CT molecular complexity index is 336. The Labute approximate surface area is 89.4 Å². The van der Waals surface area contributed by atoms with E-state index in [0.717, 1.165) is 6.42 Å². The first kappa shape index (κ1) is 11.6. The Balaban J connectivity index is 2.73. The number of phenols is 2. The van der Waals surface area contributed by atoms with Crippen LogP contribution in [0.25, 0.3) is 0 Å². The molecule has 1 aromatic rings. The predicted octanol–water partition coefficient (Wildman–Crippen LogP) is 2.72. The maximum Gasteiger partial charge on any atom is 0.163 e. The van der Waals surface area contributed by atoms with Crippen molar-refractivity contribution >= 4 is 5.78 Å². The first-order valence-electron chi connectivity index (χ1n) is 5.05. The van der Waals surface area contributed by atoms with E-state index >= 15 is 0 Å². The van der Waals surface area contributed by atoms with Crippen LogP contribution in [0.5, 0.6) is 11.5 Å². The lowest BCUT2D eigenvalue weighted by Gasteiger charge is -2.05. The maximum absolute atomic E-state index is 11.6. The van der Waals surface area contributed by atoms with Crippen LogP contribution < -0.4 is 0 Å². The molecule has 0 radical (unpaired) electrons. The molecule has 0 saturated heterocycles. The van der Waals surface area contributed by atoms with Gasteiger partial charge in [-0.25, -0.2) is 0 Å². The number of hydrogen-bond acceptors (Lipinski definition) is 3. The van der Waals surface area contributed by atoms with Crippen LogP contribution in [0.2, 0.25) is 0 Å². The summed E-state index contributed by atoms with van der Waals surface area (Å²) in [7, 11) is 0. The molecule has 0 bridgehead atoms. The van der Waals surface area contributed by atoms with Crippen LogP contribution in [-0.2, 0) is 0 Å². The lowest BCUT2D eigenvalue weighted by molar-refractivity contribution is 0.0974. The molecule has 0 fully saturated rings. The van der Waals surface area contributed by atoms with E-state index in [1.807, 2.05) is 13.8 Å². The highest BCUT2D eigenvalue weighted by atomic mass is 16.3. The zero-order chi connectivity index (χ0) is 11.4. The second kappa shape index (κ2) is 4.82. The van der Waals surface area contributed by atoms with Crippen LogP contribution in [0, 0.1) is 5.92 Å². The Morgan fingerprint density at radius 3 is 2.20 bits per heavy atom. The molecule has 0 unspecified atom stereocenters. The van der Waals surface area contributed by atoms with Gasteiger partial charge in [0.25, 0.3) is 0 Å². The highest BCUT2D eigenvalue weighted by Gasteiger charge is 2.09. The fraction of sp³-hybridized carbons (Fsp3) is 0.417. The first-order chi connectivity index (χ1) is 6.99. The molecule has 3 nitrogen and oxygen atoms in total. The number of Topliss-reactive ketones (excluding diaryl/α,β-unsaturated/α-hetero) is 1. The van der Waals surface area contributed by atoms with E-state index in [-0.39, 0.29) is 17.3 Å². The zero-order valence-corrected chi connectivity index (χ0v) is 9.03. The van der Waals surface area contributed by atoms with Crippen molar-refractivity contribution in [1.29, 1.82) is 0 Å². The Kier molecular flexibility index (Phi) is 3.72. The summed E-state index contributed by atoms with van der Waals surface area (Å²) in [6.07, 6.45) is 1.26. The Morgan fingerprint density at radius 1 is 1.20 bits per heavy atom. The fourth-order valence-corrected chi connectivity index (χ4v) is 1.32. The lowest BCUT2D eigenvalue weighted by Crippen LogP contribution is -2.01. The molecule has 0 heterocycles. The van der Waals surface area contributed by atoms with Crippen molar-refractivity contribution in [3.63, 3.8) is 0 Å². The Hall–Kier alpha value is -1.51. The molecule has 82 valence electrons. The van der Waals surface area contributed by atoms with E-state index in [4.69, 9.17) is 0 Å². The molecule has 0 amide bonds. The number of hydrogen-bond donors (Lipinski definition) is 2. The molecule has 15 heavy (non-hydrogen) atoms. The number of ketones is 1. The van der Waals surface area contributed by atoms with Gasteiger partial charge in [-0.15, -0.1) is 0 Å². The summed E-state index contributed by atoms with van der Waals surface area (Å²) < 4.78 is 0. The van der Waals surface area contributed by atoms with E-state index in [0.29, 0.717) is 17.9 Å². The second-order valence-corrected chi connectivity index (χ2v) is 4.09. The highest BCUT2D eigenvalue weighted by molar-refractivity contribution is 5.96. The highest BCUT2D eigenvalue weighted by Crippen LogP contribution is 2.22. The second-order valence-electron chi connectivity index (χ2n) is 4.09. The number of aromatic hydroxyl groups is 2. The van der Waals surface area contributed by atoms with Crippen molar-refractivity contribution in [2.75, 3.05) is 0 Å². The molecule has 0 saturated carbocycles. The molecule has 1 aromatic carbocycles. The van der Waals surface area contributed by atoms with Crippen LogP contribution in [-0.4, -0.2) is 16.0 Å². The number of phenolic OH excluding ortho intramolecular Hbond substituents is 2. The van der Waals surface area contributed by atoms with Gasteiger partial charge in [-0.2, -0.15) is 0 Å². The van der Waals surface area contributed by atoms with Crippen molar-refractivity contribution in [2.24, 2.45) is 5.92 Å². The van der Waals surface area contributed by atoms with Gasteiger partial charge in [-0.3, -0.25) is 4.79 Å². The lowest BCUT2D eigenvalue weighted by atomic mass is 10.0. The molecule has 2 N–H and O–H groups in total. The molecule has 0 aliphatic rings. The van der Waals surface area contributed by atoms with Crippen LogP contribution in [0.4, 0.5) is 0 Å². The zero-order valence-electron chi connectivity index (χ0n) is 9.03. The van der Waals surface area contributed by atoms with E-state index in [2.05, 4.69) is 0 Å². The molecule has 0 aromatic heterocycles. The molecule has 0 atom stereocenters. The minimum atomic E-state index is -0.0807. The quantitative estimate of drug-likeness (QED) is 0.748. The third-order valence-electron chi connectivity index (χ3n) is 2.17. The van der Waals surface area contributed by atoms with Gasteiger partial charge < -0.3 is 10.2 Å². The largest absolute Gasteiger partial charge is 0.508 e. The summed E-state index contributed by atoms with van der Waals surface area (Å²) in [5.74, 6) is 0.264. The summed E-state index contributed by atoms with van der Waals surface area (Å²) in [5.41, 5.74) is 0.369. The standard InChI is InChI=1S/C12H16O3/c1-8(2)3-4-12(15)9-5-10(13)7-11(14)6-9/h5-8,13-14H,3-4H2,1-2H3. The van der Waals surface area contributed by atoms with Gasteiger partial charge in [0, 0.05) is 18.1 Å². The van der Waals surface area contributed by atoms with Gasteiger partial charge in [0.1, 0.15) is 11.5 Å². The first-order valence-corrected chi connectivity index (χ1v) is 5.05. The minimum absolute atomic E-state index is 0.0464. The predicted molar refractivity (Wildman–Crippen MR) is 58.2 cm³/mol. The minimum Gasteiger partial charge on any atom is -0.508 e. The van der Waals surface area contributed by atoms with Gasteiger partial charge in [-0.05, 0) is 24.5 Å². The van der Waals surface area contributed by atoms with Gasteiger partial charge in [0.2, 0.25) is 0 Å². The van der Waals surface area contributed by atoms with Crippen molar-refractivity contribution in [3.8, 4) is 11.5 Å². The van der Waals surface area contributed by atoms with E-state index < -0.39 is 0 Å². The molecule has 0 aliphatic heterocycles. The summed E-state index contributed by atoms with van der Waals surface area (Å²) in [5, 5.41) is 18.4. The Morgan fingerprint density at radius 2 is 1.73 bits per heavy atom. The summed E-state index contributed by atoms with van der Waals surface area (Å²) in [4.78, 5) is 11.6. The van der Waals surface area contributed by atoms with Gasteiger partial charge >= 0.3 is 0 Å². The number of carbonyl (C=O) groups excluding carboxylic acids is 1. The SMILES string of the molecule is CC(C)CCC(=O)c1cc(O)cc(O)c1.